The van der Waals surface area contributed by atoms with Crippen molar-refractivity contribution in [2.45, 2.75) is 0 Å². The third kappa shape index (κ3) is 13.3. The zero-order chi connectivity index (χ0) is 120. The van der Waals surface area contributed by atoms with Crippen molar-refractivity contribution >= 4 is 195 Å². The Kier molecular flexibility index (Phi) is 13.1. The van der Waals surface area contributed by atoms with Gasteiger partial charge in [0, 0.05) is 32.3 Å². The molecule has 3 nitrogen and oxygen atoms in total. The monoisotopic (exact) mass is 1820 g/mol. The van der Waals surface area contributed by atoms with E-state index in [9.17, 15) is 17.8 Å². The van der Waals surface area contributed by atoms with Crippen molar-refractivity contribution in [3.63, 3.8) is 0 Å². The van der Waals surface area contributed by atoms with Crippen LogP contribution in [-0.4, -0.2) is 0 Å². The van der Waals surface area contributed by atoms with Gasteiger partial charge in [-0.3, -0.25) is 0 Å². The van der Waals surface area contributed by atoms with E-state index in [1.165, 1.54) is 0 Å². The molecule has 0 atom stereocenters. The van der Waals surface area contributed by atoms with Crippen LogP contribution in [0.5, 0.6) is 0 Å². The lowest BCUT2D eigenvalue weighted by Gasteiger charge is -2.19. The molecule has 0 unspecified atom stereocenters. The molecule has 3 heteroatoms. The van der Waals surface area contributed by atoms with Gasteiger partial charge < -0.3 is 13.3 Å². The standard InChI is InChI=1S/3C46H28O/c2*1-3-14-33-29(11-1)13-9-21-36(33)44-39-18-7-5-16-37(39)43(38-17-6-8-19-40(38)44)32-25-23-31(24-26-32)35-20-10-22-41-45(35)46-34-15-4-2-12-30(34)27-28-42(46)47-41;1-2-12-33-28-34(25-20-29(33)10-1)44-39-16-7-5-14-37(39)43(38-15-6-8-17-40(38)44)32-23-21-31(22-24-32)36-18-9-19-41-45(36)46-35-13-4-3-11-30(35)26-27-42(46)47-41/h3*1-28H/i1D,3D,5D,6D,7D,8D,9D,11D,13D,14D,16D,17D,18D,19D,21D;5D,6D,7D,8D,16D,17D,18D,19D;5D,6D,7D,8D,14D,15D,16D,17D. The van der Waals surface area contributed by atoms with Crippen LogP contribution in [0.25, 0.3) is 295 Å². The van der Waals surface area contributed by atoms with Gasteiger partial charge in [0.15, 0.2) is 0 Å². The number of furan rings is 3. The van der Waals surface area contributed by atoms with Crippen molar-refractivity contribution in [1.29, 1.82) is 0 Å². The lowest BCUT2D eigenvalue weighted by Crippen LogP contribution is -1.91. The molecule has 0 saturated carbocycles. The minimum Gasteiger partial charge on any atom is -0.456 e. The van der Waals surface area contributed by atoms with E-state index in [2.05, 4.69) is 36.4 Å². The fourth-order valence-electron chi connectivity index (χ4n) is 21.3. The van der Waals surface area contributed by atoms with E-state index < -0.39 is 155 Å². The van der Waals surface area contributed by atoms with Crippen molar-refractivity contribution in [2.75, 3.05) is 0 Å². The van der Waals surface area contributed by atoms with Gasteiger partial charge in [0.05, 0.1) is 42.5 Å². The molecular weight excluding hydrogens is 1710 g/mol. The third-order valence-electron chi connectivity index (χ3n) is 27.4. The number of fused-ring (bicyclic) bond motifs is 24. The average Bonchev–Trinajstić information content (AvgIpc) is 0.904. The summed E-state index contributed by atoms with van der Waals surface area (Å²) in [6, 6.07) is 87.2. The Morgan fingerprint density at radius 3 is 0.752 bits per heavy atom. The van der Waals surface area contributed by atoms with E-state index in [0.717, 1.165) is 142 Å². The summed E-state index contributed by atoms with van der Waals surface area (Å²) in [6.07, 6.45) is 0. The van der Waals surface area contributed by atoms with E-state index in [0.29, 0.717) is 61.2 Å². The maximum absolute atomic E-state index is 9.37. The Labute approximate surface area is 855 Å². The van der Waals surface area contributed by atoms with Gasteiger partial charge in [0.1, 0.15) is 33.5 Å². The fourth-order valence-corrected chi connectivity index (χ4v) is 21.3. The molecule has 0 amide bonds. The zero-order valence-electron chi connectivity index (χ0n) is 105. The number of benzene rings is 27. The van der Waals surface area contributed by atoms with E-state index in [1.54, 1.807) is 12.1 Å². The van der Waals surface area contributed by atoms with Crippen LogP contribution in [0.1, 0.15) is 42.5 Å². The second kappa shape index (κ2) is 33.2. The zero-order valence-corrected chi connectivity index (χ0v) is 74.3. The van der Waals surface area contributed by atoms with Gasteiger partial charge in [-0.05, 0) is 272 Å². The van der Waals surface area contributed by atoms with Crippen molar-refractivity contribution < 1.29 is 55.7 Å². The largest absolute Gasteiger partial charge is 0.456 e. The third-order valence-corrected chi connectivity index (χ3v) is 27.4. The van der Waals surface area contributed by atoms with E-state index >= 15 is 0 Å². The Morgan fingerprint density at radius 2 is 0.376 bits per heavy atom. The summed E-state index contributed by atoms with van der Waals surface area (Å²) in [7, 11) is 0. The molecule has 0 aliphatic rings. The maximum Gasteiger partial charge on any atom is 0.136 e. The molecule has 0 N–H and O–H groups in total. The number of rotatable bonds is 9. The maximum atomic E-state index is 9.37. The number of hydrogen-bond donors (Lipinski definition) is 0. The highest BCUT2D eigenvalue weighted by Gasteiger charge is 2.26. The van der Waals surface area contributed by atoms with Crippen LogP contribution >= 0.6 is 0 Å². The molecule has 0 fully saturated rings. The SMILES string of the molecule is [2H]c1c([2H])c([2H])c2c(-c3c4c([2H])c([2H])c([2H])c([2H])c4c(-c4ccc(-c5cccc6oc7ccc8ccccc8c7c56)cc4)c4c([2H])c([2H])c([2H])c([2H])c34)c([2H])c([2H])c([2H])c2c1[2H].[2H]c1c([2H])c([2H])c2c(-c3ccc4ccccc4c3)c3c([2H])c([2H])c([2H])c([2H])c3c(-c3ccc(-c4cccc5oc6ccc7ccccc7c6c45)cc3)c2c1[2H].[2H]c1c([2H])c([2H])c2c(-c3cccc4ccccc34)c3c([2H])c([2H])c([2H])c([2H])c3c(-c3ccc(-c4cccc5oc6ccc7ccccc7c6c45)cc3)c2c1[2H]. The minimum atomic E-state index is -0.756. The van der Waals surface area contributed by atoms with Gasteiger partial charge in [0.25, 0.3) is 0 Å². The summed E-state index contributed by atoms with van der Waals surface area (Å²) in [4.78, 5) is 0. The van der Waals surface area contributed by atoms with Crippen LogP contribution in [0.3, 0.4) is 0 Å². The normalized spacial score (nSPS) is 14.9. The summed E-state index contributed by atoms with van der Waals surface area (Å²) in [6.45, 7) is 0. The molecule has 0 aliphatic carbocycles. The molecule has 654 valence electrons. The van der Waals surface area contributed by atoms with Gasteiger partial charge in [-0.15, -0.1) is 0 Å². The van der Waals surface area contributed by atoms with Gasteiger partial charge in [-0.1, -0.05) is 466 Å². The second-order valence-electron chi connectivity index (χ2n) is 34.9. The highest BCUT2D eigenvalue weighted by Crippen LogP contribution is 2.53. The van der Waals surface area contributed by atoms with Gasteiger partial charge in [0.2, 0.25) is 0 Å². The molecule has 0 spiro atoms. The molecule has 3 aromatic heterocycles. The molecule has 30 rings (SSSR count). The molecule has 0 aliphatic heterocycles. The predicted molar refractivity (Wildman–Crippen MR) is 600 cm³/mol. The molecule has 30 aromatic rings. The van der Waals surface area contributed by atoms with Gasteiger partial charge in [-0.25, -0.2) is 0 Å². The van der Waals surface area contributed by atoms with Crippen LogP contribution < -0.4 is 0 Å². The highest BCUT2D eigenvalue weighted by atomic mass is 16.3. The van der Waals surface area contributed by atoms with Crippen LogP contribution in [0, 0.1) is 0 Å². The summed E-state index contributed by atoms with van der Waals surface area (Å²) in [5, 5.41) is 15.4. The lowest BCUT2D eigenvalue weighted by molar-refractivity contribution is 0.669. The Balaban J connectivity index is 0.000000119. The minimum absolute atomic E-state index is 0.0308. The molecule has 141 heavy (non-hydrogen) atoms. The molecule has 0 radical (unpaired) electrons. The molecule has 0 saturated heterocycles. The first-order valence-electron chi connectivity index (χ1n) is 61.5. The van der Waals surface area contributed by atoms with Gasteiger partial charge in [-0.2, -0.15) is 0 Å². The second-order valence-corrected chi connectivity index (χ2v) is 34.9. The Bertz CT molecular complexity index is 12200. The Morgan fingerprint density at radius 1 is 0.128 bits per heavy atom. The van der Waals surface area contributed by atoms with Crippen LogP contribution in [0.4, 0.5) is 0 Å². The van der Waals surface area contributed by atoms with E-state index in [-0.39, 0.29) is 124 Å². The lowest BCUT2D eigenvalue weighted by atomic mass is 9.84. The van der Waals surface area contributed by atoms with Crippen molar-refractivity contribution in [3.05, 3.63) is 509 Å². The van der Waals surface area contributed by atoms with Gasteiger partial charge >= 0.3 is 0 Å². The first-order valence-corrected chi connectivity index (χ1v) is 46.0. The fraction of sp³-hybridized carbons (Fsp3) is 0. The highest BCUT2D eigenvalue weighted by molar-refractivity contribution is 6.30. The first-order chi connectivity index (χ1) is 82.8. The predicted octanol–water partition coefficient (Wildman–Crippen LogP) is 39.6. The summed E-state index contributed by atoms with van der Waals surface area (Å²) >= 11 is 0. The molecule has 27 aromatic carbocycles. The summed E-state index contributed by atoms with van der Waals surface area (Å²) < 4.78 is 298. The quantitative estimate of drug-likeness (QED) is 0.135. The van der Waals surface area contributed by atoms with E-state index in [1.807, 2.05) is 273 Å². The Hall–Kier alpha value is -18.5. The first kappa shape index (κ1) is 55.5. The smallest absolute Gasteiger partial charge is 0.136 e. The van der Waals surface area contributed by atoms with Crippen molar-refractivity contribution in [3.8, 4) is 100 Å². The van der Waals surface area contributed by atoms with Crippen molar-refractivity contribution in [2.24, 2.45) is 0 Å². The van der Waals surface area contributed by atoms with Crippen LogP contribution in [-0.2, 0) is 0 Å². The van der Waals surface area contributed by atoms with Crippen LogP contribution in [0.2, 0.25) is 0 Å². The van der Waals surface area contributed by atoms with Crippen LogP contribution in [0.15, 0.2) is 522 Å². The average molecular weight is 1820 g/mol. The van der Waals surface area contributed by atoms with Crippen molar-refractivity contribution in [1.82, 2.24) is 0 Å². The summed E-state index contributed by atoms with van der Waals surface area (Å²) in [5.41, 5.74) is 12.8. The molecule has 0 bridgehead atoms. The number of hydrogen-bond acceptors (Lipinski definition) is 3. The molecular formula is C138H84O3. The van der Waals surface area contributed by atoms with E-state index in [4.69, 9.17) is 37.9 Å². The summed E-state index contributed by atoms with van der Waals surface area (Å²) in [5.74, 6) is 0. The molecule has 3 heterocycles. The topological polar surface area (TPSA) is 39.4 Å².